The Hall–Kier alpha value is -3.18. The molecule has 0 aliphatic rings. The van der Waals surface area contributed by atoms with E-state index in [1.807, 2.05) is 37.3 Å². The van der Waals surface area contributed by atoms with Crippen molar-refractivity contribution in [2.45, 2.75) is 25.9 Å². The number of nitrogens with zero attached hydrogens (tertiary/aromatic N) is 1. The molecule has 0 radical (unpaired) electrons. The largest absolute Gasteiger partial charge is 0.354 e. The van der Waals surface area contributed by atoms with Crippen LogP contribution < -0.4 is 5.32 Å². The molecule has 0 unspecified atom stereocenters. The van der Waals surface area contributed by atoms with Gasteiger partial charge in [-0.1, -0.05) is 66.2 Å². The zero-order valence-corrected chi connectivity index (χ0v) is 18.0. The average molecular weight is 439 g/mol. The van der Waals surface area contributed by atoms with E-state index in [1.165, 1.54) is 12.1 Å². The molecule has 0 saturated heterocycles. The Morgan fingerprint density at radius 1 is 0.935 bits per heavy atom. The van der Waals surface area contributed by atoms with Gasteiger partial charge < -0.3 is 10.2 Å². The van der Waals surface area contributed by atoms with Crippen LogP contribution in [0, 0.1) is 5.82 Å². The molecule has 2 amide bonds. The number of hydrogen-bond donors (Lipinski definition) is 1. The molecule has 6 heteroatoms. The van der Waals surface area contributed by atoms with Crippen molar-refractivity contribution in [1.29, 1.82) is 0 Å². The van der Waals surface area contributed by atoms with Crippen LogP contribution in [0.25, 0.3) is 0 Å². The summed E-state index contributed by atoms with van der Waals surface area (Å²) in [6.07, 6.45) is 0.112. The van der Waals surface area contributed by atoms with Gasteiger partial charge in [-0.3, -0.25) is 9.59 Å². The first-order valence-electron chi connectivity index (χ1n) is 10.1. The molecule has 4 nitrogen and oxygen atoms in total. The monoisotopic (exact) mass is 438 g/mol. The van der Waals surface area contributed by atoms with Crippen LogP contribution in [0.4, 0.5) is 4.39 Å². The van der Waals surface area contributed by atoms with Gasteiger partial charge in [0, 0.05) is 18.1 Å². The molecular formula is C25H24ClFN2O2. The summed E-state index contributed by atoms with van der Waals surface area (Å²) in [6.45, 7) is 2.45. The van der Waals surface area contributed by atoms with Crippen molar-refractivity contribution in [2.75, 3.05) is 6.54 Å². The van der Waals surface area contributed by atoms with E-state index in [0.717, 1.165) is 11.1 Å². The molecule has 0 bridgehead atoms. The predicted octanol–water partition coefficient (Wildman–Crippen LogP) is 4.93. The minimum absolute atomic E-state index is 0.112. The van der Waals surface area contributed by atoms with Crippen molar-refractivity contribution in [1.82, 2.24) is 10.2 Å². The van der Waals surface area contributed by atoms with Crippen molar-refractivity contribution in [3.05, 3.63) is 106 Å². The molecule has 0 aliphatic carbocycles. The Balaban J connectivity index is 1.98. The van der Waals surface area contributed by atoms with Gasteiger partial charge in [-0.25, -0.2) is 4.39 Å². The number of carbonyl (C=O) groups is 2. The van der Waals surface area contributed by atoms with Crippen LogP contribution in [0.1, 0.15) is 29.7 Å². The highest BCUT2D eigenvalue weighted by molar-refractivity contribution is 6.30. The molecule has 3 aromatic carbocycles. The third-order valence-corrected chi connectivity index (χ3v) is 5.13. The van der Waals surface area contributed by atoms with Crippen LogP contribution in [0.2, 0.25) is 5.02 Å². The lowest BCUT2D eigenvalue weighted by molar-refractivity contribution is -0.141. The van der Waals surface area contributed by atoms with Crippen molar-refractivity contribution in [2.24, 2.45) is 0 Å². The second-order valence-corrected chi connectivity index (χ2v) is 7.60. The Bertz CT molecular complexity index is 1010. The van der Waals surface area contributed by atoms with Crippen LogP contribution in [-0.2, 0) is 22.6 Å². The molecule has 0 aromatic heterocycles. The van der Waals surface area contributed by atoms with Gasteiger partial charge in [0.05, 0.1) is 6.42 Å². The fraction of sp³-hybridized carbons (Fsp3) is 0.200. The summed E-state index contributed by atoms with van der Waals surface area (Å²) in [5.41, 5.74) is 2.23. The summed E-state index contributed by atoms with van der Waals surface area (Å²) in [4.78, 5) is 28.0. The number of likely N-dealkylation sites (N-methyl/N-ethyl adjacent to an activating group) is 1. The maximum Gasteiger partial charge on any atom is 0.247 e. The fourth-order valence-electron chi connectivity index (χ4n) is 3.37. The highest BCUT2D eigenvalue weighted by Gasteiger charge is 2.31. The second kappa shape index (κ2) is 10.7. The third-order valence-electron chi connectivity index (χ3n) is 4.88. The SMILES string of the molecule is CCNC(=O)[C@@H](c1ccccc1)N(Cc1ccc(F)cc1)C(=O)Cc1ccc(Cl)cc1. The summed E-state index contributed by atoms with van der Waals surface area (Å²) >= 11 is 5.96. The fourth-order valence-corrected chi connectivity index (χ4v) is 3.49. The standard InChI is InChI=1S/C25H24ClFN2O2/c1-2-28-25(31)24(20-6-4-3-5-7-20)29(17-19-10-14-22(27)15-11-19)23(30)16-18-8-12-21(26)13-9-18/h3-15,24H,2,16-17H2,1H3,(H,28,31)/t24-/m1/s1. The van der Waals surface area contributed by atoms with E-state index < -0.39 is 6.04 Å². The minimum atomic E-state index is -0.814. The zero-order valence-electron chi connectivity index (χ0n) is 17.2. The van der Waals surface area contributed by atoms with Gasteiger partial charge in [-0.05, 0) is 47.9 Å². The molecule has 1 N–H and O–H groups in total. The van der Waals surface area contributed by atoms with E-state index >= 15 is 0 Å². The molecule has 3 rings (SSSR count). The van der Waals surface area contributed by atoms with E-state index in [0.29, 0.717) is 17.1 Å². The average Bonchev–Trinajstić information content (AvgIpc) is 2.77. The summed E-state index contributed by atoms with van der Waals surface area (Å²) in [5.74, 6) is -0.835. The van der Waals surface area contributed by atoms with Gasteiger partial charge in [-0.2, -0.15) is 0 Å². The van der Waals surface area contributed by atoms with Crippen LogP contribution >= 0.6 is 11.6 Å². The van der Waals surface area contributed by atoms with Gasteiger partial charge in [0.15, 0.2) is 0 Å². The Morgan fingerprint density at radius 3 is 2.16 bits per heavy atom. The Labute approximate surface area is 186 Å². The predicted molar refractivity (Wildman–Crippen MR) is 120 cm³/mol. The van der Waals surface area contributed by atoms with Crippen molar-refractivity contribution in [3.63, 3.8) is 0 Å². The molecule has 0 aliphatic heterocycles. The summed E-state index contributed by atoms with van der Waals surface area (Å²) in [5, 5.41) is 3.42. The number of carbonyl (C=O) groups excluding carboxylic acids is 2. The van der Waals surface area contributed by atoms with E-state index in [-0.39, 0.29) is 30.6 Å². The van der Waals surface area contributed by atoms with Crippen LogP contribution in [-0.4, -0.2) is 23.3 Å². The number of rotatable bonds is 8. The lowest BCUT2D eigenvalue weighted by atomic mass is 10.0. The van der Waals surface area contributed by atoms with Gasteiger partial charge in [0.2, 0.25) is 11.8 Å². The first kappa shape index (κ1) is 22.5. The molecular weight excluding hydrogens is 415 g/mol. The number of nitrogens with one attached hydrogen (secondary N) is 1. The van der Waals surface area contributed by atoms with E-state index in [1.54, 1.807) is 41.3 Å². The number of halogens is 2. The maximum atomic E-state index is 13.4. The number of hydrogen-bond acceptors (Lipinski definition) is 2. The van der Waals surface area contributed by atoms with Gasteiger partial charge in [0.25, 0.3) is 0 Å². The molecule has 3 aromatic rings. The van der Waals surface area contributed by atoms with Gasteiger partial charge in [0.1, 0.15) is 11.9 Å². The van der Waals surface area contributed by atoms with E-state index in [9.17, 15) is 14.0 Å². The molecule has 160 valence electrons. The quantitative estimate of drug-likeness (QED) is 0.542. The van der Waals surface area contributed by atoms with Crippen molar-refractivity contribution >= 4 is 23.4 Å². The molecule has 0 heterocycles. The highest BCUT2D eigenvalue weighted by atomic mass is 35.5. The Kier molecular flexibility index (Phi) is 7.79. The van der Waals surface area contributed by atoms with E-state index in [2.05, 4.69) is 5.32 Å². The van der Waals surface area contributed by atoms with E-state index in [4.69, 9.17) is 11.6 Å². The van der Waals surface area contributed by atoms with Crippen molar-refractivity contribution in [3.8, 4) is 0 Å². The van der Waals surface area contributed by atoms with Crippen LogP contribution in [0.15, 0.2) is 78.9 Å². The Morgan fingerprint density at radius 2 is 1.55 bits per heavy atom. The maximum absolute atomic E-state index is 13.4. The molecule has 31 heavy (non-hydrogen) atoms. The topological polar surface area (TPSA) is 49.4 Å². The van der Waals surface area contributed by atoms with Gasteiger partial charge in [-0.15, -0.1) is 0 Å². The van der Waals surface area contributed by atoms with Crippen LogP contribution in [0.5, 0.6) is 0 Å². The summed E-state index contributed by atoms with van der Waals surface area (Å²) < 4.78 is 13.4. The summed E-state index contributed by atoms with van der Waals surface area (Å²) in [7, 11) is 0. The first-order valence-corrected chi connectivity index (χ1v) is 10.5. The summed E-state index contributed by atoms with van der Waals surface area (Å²) in [6, 6.07) is 21.4. The smallest absolute Gasteiger partial charge is 0.247 e. The third kappa shape index (κ3) is 6.15. The molecule has 0 fully saturated rings. The molecule has 0 spiro atoms. The highest BCUT2D eigenvalue weighted by Crippen LogP contribution is 2.25. The van der Waals surface area contributed by atoms with Crippen molar-refractivity contribution < 1.29 is 14.0 Å². The second-order valence-electron chi connectivity index (χ2n) is 7.16. The first-order chi connectivity index (χ1) is 15.0. The van der Waals surface area contributed by atoms with Crippen LogP contribution in [0.3, 0.4) is 0 Å². The molecule has 0 saturated carbocycles. The lowest BCUT2D eigenvalue weighted by Gasteiger charge is -2.31. The van der Waals surface area contributed by atoms with Gasteiger partial charge >= 0.3 is 0 Å². The number of amides is 2. The normalized spacial score (nSPS) is 11.6. The minimum Gasteiger partial charge on any atom is -0.354 e. The lowest BCUT2D eigenvalue weighted by Crippen LogP contribution is -2.44. The number of benzene rings is 3. The zero-order chi connectivity index (χ0) is 22.2. The molecule has 1 atom stereocenters.